The molecule has 1 aromatic rings. The summed E-state index contributed by atoms with van der Waals surface area (Å²) in [6, 6.07) is 0. The Bertz CT molecular complexity index is 289. The molecule has 0 aliphatic heterocycles. The highest BCUT2D eigenvalue weighted by molar-refractivity contribution is 7.99. The molecule has 0 spiro atoms. The minimum absolute atomic E-state index is 0.852. The molecule has 0 saturated heterocycles. The van der Waals surface area contributed by atoms with Crippen molar-refractivity contribution in [2.45, 2.75) is 18.1 Å². The molecule has 0 saturated carbocycles. The second kappa shape index (κ2) is 7.92. The molecule has 1 aromatic heterocycles. The standard InChI is InChI=1S/C9H19N5S2/c1-13(2)5-6-14-9(10-11-12-14)16-8-4-7-15-3/h4-8H2,1-3H3. The summed E-state index contributed by atoms with van der Waals surface area (Å²) in [4.78, 5) is 2.13. The van der Waals surface area contributed by atoms with E-state index < -0.39 is 0 Å². The molecule has 0 unspecified atom stereocenters. The molecule has 0 atom stereocenters. The van der Waals surface area contributed by atoms with Crippen molar-refractivity contribution >= 4 is 23.5 Å². The van der Waals surface area contributed by atoms with Crippen LogP contribution in [0.5, 0.6) is 0 Å². The maximum absolute atomic E-state index is 4.03. The topological polar surface area (TPSA) is 46.8 Å². The van der Waals surface area contributed by atoms with E-state index in [4.69, 9.17) is 0 Å². The summed E-state index contributed by atoms with van der Waals surface area (Å²) < 4.78 is 1.88. The Morgan fingerprint density at radius 1 is 1.31 bits per heavy atom. The van der Waals surface area contributed by atoms with E-state index >= 15 is 0 Å². The van der Waals surface area contributed by atoms with Gasteiger partial charge in [-0.05, 0) is 43.0 Å². The van der Waals surface area contributed by atoms with Crippen molar-refractivity contribution in [3.05, 3.63) is 0 Å². The number of rotatable bonds is 8. The molecule has 0 aromatic carbocycles. The number of aromatic nitrogens is 4. The summed E-state index contributed by atoms with van der Waals surface area (Å²) in [6.07, 6.45) is 3.33. The molecule has 1 rings (SSSR count). The van der Waals surface area contributed by atoms with E-state index in [1.807, 2.05) is 16.4 Å². The summed E-state index contributed by atoms with van der Waals surface area (Å²) in [7, 11) is 4.10. The zero-order valence-electron chi connectivity index (χ0n) is 10.1. The molecule has 5 nitrogen and oxygen atoms in total. The Hall–Kier alpha value is -0.270. The van der Waals surface area contributed by atoms with Gasteiger partial charge in [-0.3, -0.25) is 0 Å². The summed E-state index contributed by atoms with van der Waals surface area (Å²) >= 11 is 3.62. The molecule has 92 valence electrons. The average Bonchev–Trinajstić information content (AvgIpc) is 2.69. The second-order valence-corrected chi connectivity index (χ2v) is 5.73. The van der Waals surface area contributed by atoms with Gasteiger partial charge < -0.3 is 4.90 Å². The third-order valence-corrected chi connectivity index (χ3v) is 3.72. The number of hydrogen-bond acceptors (Lipinski definition) is 6. The number of likely N-dealkylation sites (N-methyl/N-ethyl adjacent to an activating group) is 1. The van der Waals surface area contributed by atoms with E-state index in [0.29, 0.717) is 0 Å². The van der Waals surface area contributed by atoms with Crippen LogP contribution in [-0.4, -0.2) is 63.5 Å². The van der Waals surface area contributed by atoms with Gasteiger partial charge in [0.05, 0.1) is 6.54 Å². The highest BCUT2D eigenvalue weighted by Gasteiger charge is 2.06. The first kappa shape index (κ1) is 13.8. The lowest BCUT2D eigenvalue weighted by atomic mass is 10.6. The van der Waals surface area contributed by atoms with Crippen LogP contribution in [0.4, 0.5) is 0 Å². The molecule has 0 aliphatic rings. The van der Waals surface area contributed by atoms with Crippen molar-refractivity contribution in [1.29, 1.82) is 0 Å². The minimum Gasteiger partial charge on any atom is -0.308 e. The van der Waals surface area contributed by atoms with Gasteiger partial charge in [0.2, 0.25) is 5.16 Å². The lowest BCUT2D eigenvalue weighted by molar-refractivity contribution is 0.361. The third-order valence-electron chi connectivity index (χ3n) is 1.98. The minimum atomic E-state index is 0.852. The molecule has 1 heterocycles. The number of nitrogens with zero attached hydrogens (tertiary/aromatic N) is 5. The molecule has 0 bridgehead atoms. The Labute approximate surface area is 105 Å². The van der Waals surface area contributed by atoms with Gasteiger partial charge in [0.15, 0.2) is 0 Å². The van der Waals surface area contributed by atoms with Crippen LogP contribution in [0.25, 0.3) is 0 Å². The second-order valence-electron chi connectivity index (χ2n) is 3.68. The molecule has 0 aliphatic carbocycles. The van der Waals surface area contributed by atoms with Crippen LogP contribution in [0.15, 0.2) is 5.16 Å². The molecule has 0 radical (unpaired) electrons. The summed E-state index contributed by atoms with van der Waals surface area (Å²) in [5.74, 6) is 2.29. The SMILES string of the molecule is CSCCCSc1nnnn1CCN(C)C. The van der Waals surface area contributed by atoms with Gasteiger partial charge in [-0.1, -0.05) is 11.8 Å². The normalized spacial score (nSPS) is 11.2. The van der Waals surface area contributed by atoms with Crippen molar-refractivity contribution in [2.75, 3.05) is 38.4 Å². The zero-order chi connectivity index (χ0) is 11.8. The first-order valence-electron chi connectivity index (χ1n) is 5.26. The summed E-state index contributed by atoms with van der Waals surface area (Å²) in [5, 5.41) is 12.7. The van der Waals surface area contributed by atoms with Crippen molar-refractivity contribution < 1.29 is 0 Å². The third kappa shape index (κ3) is 5.18. The Kier molecular flexibility index (Phi) is 6.82. The van der Waals surface area contributed by atoms with Crippen LogP contribution < -0.4 is 0 Å². The zero-order valence-corrected chi connectivity index (χ0v) is 11.7. The smallest absolute Gasteiger partial charge is 0.209 e. The van der Waals surface area contributed by atoms with E-state index in [-0.39, 0.29) is 0 Å². The first-order chi connectivity index (χ1) is 7.74. The lowest BCUT2D eigenvalue weighted by Crippen LogP contribution is -2.19. The van der Waals surface area contributed by atoms with Crippen molar-refractivity contribution in [3.8, 4) is 0 Å². The fraction of sp³-hybridized carbons (Fsp3) is 0.889. The van der Waals surface area contributed by atoms with Crippen LogP contribution >= 0.6 is 23.5 Å². The first-order valence-corrected chi connectivity index (χ1v) is 7.64. The van der Waals surface area contributed by atoms with E-state index in [9.17, 15) is 0 Å². The molecular weight excluding hydrogens is 242 g/mol. The fourth-order valence-corrected chi connectivity index (χ4v) is 2.56. The van der Waals surface area contributed by atoms with Gasteiger partial charge in [0, 0.05) is 12.3 Å². The van der Waals surface area contributed by atoms with Crippen LogP contribution in [-0.2, 0) is 6.54 Å². The van der Waals surface area contributed by atoms with Gasteiger partial charge in [-0.25, -0.2) is 4.68 Å². The number of thioether (sulfide) groups is 2. The van der Waals surface area contributed by atoms with E-state index in [1.54, 1.807) is 11.8 Å². The number of tetrazole rings is 1. The Morgan fingerprint density at radius 3 is 2.81 bits per heavy atom. The van der Waals surface area contributed by atoms with Gasteiger partial charge in [-0.15, -0.1) is 5.10 Å². The van der Waals surface area contributed by atoms with Gasteiger partial charge in [-0.2, -0.15) is 11.8 Å². The highest BCUT2D eigenvalue weighted by Crippen LogP contribution is 2.15. The molecule has 0 N–H and O–H groups in total. The molecule has 16 heavy (non-hydrogen) atoms. The summed E-state index contributed by atoms with van der Waals surface area (Å²) in [5.41, 5.74) is 0. The van der Waals surface area contributed by atoms with Crippen LogP contribution in [0, 0.1) is 0 Å². The van der Waals surface area contributed by atoms with Crippen LogP contribution in [0.1, 0.15) is 6.42 Å². The van der Waals surface area contributed by atoms with Gasteiger partial charge in [0.25, 0.3) is 0 Å². The van der Waals surface area contributed by atoms with Gasteiger partial charge in [0.1, 0.15) is 0 Å². The predicted octanol–water partition coefficient (Wildman–Crippen LogP) is 1.08. The fourth-order valence-electron chi connectivity index (χ4n) is 1.10. The van der Waals surface area contributed by atoms with E-state index in [1.165, 1.54) is 12.2 Å². The quantitative estimate of drug-likeness (QED) is 0.515. The van der Waals surface area contributed by atoms with E-state index in [2.05, 4.69) is 40.8 Å². The molecule has 0 amide bonds. The number of hydrogen-bond donors (Lipinski definition) is 0. The molecule has 7 heteroatoms. The summed E-state index contributed by atoms with van der Waals surface area (Å²) in [6.45, 7) is 1.81. The lowest BCUT2D eigenvalue weighted by Gasteiger charge is -2.09. The highest BCUT2D eigenvalue weighted by atomic mass is 32.2. The van der Waals surface area contributed by atoms with E-state index in [0.717, 1.165) is 24.0 Å². The monoisotopic (exact) mass is 261 g/mol. The van der Waals surface area contributed by atoms with Crippen LogP contribution in [0.2, 0.25) is 0 Å². The maximum atomic E-state index is 4.03. The van der Waals surface area contributed by atoms with Gasteiger partial charge >= 0.3 is 0 Å². The largest absolute Gasteiger partial charge is 0.308 e. The average molecular weight is 261 g/mol. The van der Waals surface area contributed by atoms with Crippen molar-refractivity contribution in [2.24, 2.45) is 0 Å². The Morgan fingerprint density at radius 2 is 2.12 bits per heavy atom. The molecule has 0 fully saturated rings. The maximum Gasteiger partial charge on any atom is 0.209 e. The predicted molar refractivity (Wildman–Crippen MR) is 70.1 cm³/mol. The Balaban J connectivity index is 2.32. The van der Waals surface area contributed by atoms with Crippen LogP contribution in [0.3, 0.4) is 0 Å². The molecular formula is C9H19N5S2. The van der Waals surface area contributed by atoms with Crippen molar-refractivity contribution in [1.82, 2.24) is 25.1 Å². The van der Waals surface area contributed by atoms with Crippen molar-refractivity contribution in [3.63, 3.8) is 0 Å².